The molecule has 1 saturated heterocycles. The van der Waals surface area contributed by atoms with Crippen LogP contribution in [-0.2, 0) is 9.59 Å². The van der Waals surface area contributed by atoms with Crippen LogP contribution in [0.4, 0.5) is 0 Å². The minimum absolute atomic E-state index is 0.0124. The summed E-state index contributed by atoms with van der Waals surface area (Å²) in [5, 5.41) is -0.250. The summed E-state index contributed by atoms with van der Waals surface area (Å²) in [6.07, 6.45) is 0.315. The van der Waals surface area contributed by atoms with E-state index < -0.39 is 0 Å². The van der Waals surface area contributed by atoms with Gasteiger partial charge in [-0.2, -0.15) is 0 Å². The number of carbonyl (C=O) groups is 2. The summed E-state index contributed by atoms with van der Waals surface area (Å²) in [6, 6.07) is 5.67. The summed E-state index contributed by atoms with van der Waals surface area (Å²) < 4.78 is 10.6. The second-order valence-corrected chi connectivity index (χ2v) is 7.24. The van der Waals surface area contributed by atoms with Gasteiger partial charge in [0, 0.05) is 27.1 Å². The molecule has 1 aliphatic heterocycles. The second kappa shape index (κ2) is 7.79. The molecule has 1 heterocycles. The first-order valence-electron chi connectivity index (χ1n) is 7.77. The molecule has 0 aliphatic carbocycles. The lowest BCUT2D eigenvalue weighted by molar-refractivity contribution is -0.132. The first-order valence-corrected chi connectivity index (χ1v) is 8.71. The SMILES string of the molecule is COc1ccc([C@H]2S[C@@H](C)C(=O)N2CCC(=O)N(C)C)cc1OC. The summed E-state index contributed by atoms with van der Waals surface area (Å²) in [5.41, 5.74) is 0.965. The van der Waals surface area contributed by atoms with E-state index in [-0.39, 0.29) is 22.4 Å². The van der Waals surface area contributed by atoms with Gasteiger partial charge in [0.15, 0.2) is 11.5 Å². The molecular formula is C17H24N2O4S. The molecular weight excluding hydrogens is 328 g/mol. The zero-order valence-corrected chi connectivity index (χ0v) is 15.6. The van der Waals surface area contributed by atoms with Crippen LogP contribution in [-0.4, -0.2) is 61.7 Å². The van der Waals surface area contributed by atoms with Crippen LogP contribution < -0.4 is 9.47 Å². The van der Waals surface area contributed by atoms with Crippen LogP contribution in [0.2, 0.25) is 0 Å². The molecule has 1 aliphatic rings. The highest BCUT2D eigenvalue weighted by Crippen LogP contribution is 2.44. The predicted molar refractivity (Wildman–Crippen MR) is 94.4 cm³/mol. The smallest absolute Gasteiger partial charge is 0.236 e. The zero-order chi connectivity index (χ0) is 17.9. The Kier molecular flexibility index (Phi) is 5.99. The molecule has 2 amide bonds. The average molecular weight is 352 g/mol. The summed E-state index contributed by atoms with van der Waals surface area (Å²) in [4.78, 5) is 27.7. The standard InChI is InChI=1S/C17H24N2O4S/c1-11-16(21)19(9-8-15(20)18(2)3)17(24-11)12-6-7-13(22-4)14(10-12)23-5/h6-7,10-11,17H,8-9H2,1-5H3/t11-,17+/m0/s1. The first-order chi connectivity index (χ1) is 11.4. The van der Waals surface area contributed by atoms with Crippen molar-refractivity contribution in [3.63, 3.8) is 0 Å². The van der Waals surface area contributed by atoms with Crippen molar-refractivity contribution in [2.75, 3.05) is 34.9 Å². The van der Waals surface area contributed by atoms with Crippen molar-refractivity contribution in [2.24, 2.45) is 0 Å². The third kappa shape index (κ3) is 3.77. The summed E-state index contributed by atoms with van der Waals surface area (Å²) in [7, 11) is 6.62. The van der Waals surface area contributed by atoms with E-state index in [1.54, 1.807) is 49.9 Å². The molecule has 2 rings (SSSR count). The fourth-order valence-corrected chi connectivity index (χ4v) is 3.90. The third-order valence-corrected chi connectivity index (χ3v) is 5.40. The minimum Gasteiger partial charge on any atom is -0.493 e. The van der Waals surface area contributed by atoms with Crippen molar-refractivity contribution >= 4 is 23.6 Å². The number of methoxy groups -OCH3 is 2. The molecule has 1 aromatic rings. The number of rotatable bonds is 6. The van der Waals surface area contributed by atoms with Crippen LogP contribution in [0.1, 0.15) is 24.3 Å². The Morgan fingerprint density at radius 3 is 2.50 bits per heavy atom. The molecule has 0 radical (unpaired) electrons. The van der Waals surface area contributed by atoms with Crippen LogP contribution >= 0.6 is 11.8 Å². The van der Waals surface area contributed by atoms with E-state index in [0.29, 0.717) is 24.5 Å². The topological polar surface area (TPSA) is 59.1 Å². The normalized spacial score (nSPS) is 20.2. The van der Waals surface area contributed by atoms with Gasteiger partial charge in [-0.3, -0.25) is 9.59 Å². The molecule has 0 saturated carbocycles. The molecule has 132 valence electrons. The van der Waals surface area contributed by atoms with E-state index in [2.05, 4.69) is 0 Å². The lowest BCUT2D eigenvalue weighted by Gasteiger charge is -2.25. The van der Waals surface area contributed by atoms with E-state index in [1.165, 1.54) is 0 Å². The molecule has 24 heavy (non-hydrogen) atoms. The van der Waals surface area contributed by atoms with Gasteiger partial charge >= 0.3 is 0 Å². The number of amides is 2. The van der Waals surface area contributed by atoms with E-state index in [1.807, 2.05) is 25.1 Å². The fraction of sp³-hybridized carbons (Fsp3) is 0.529. The second-order valence-electron chi connectivity index (χ2n) is 5.81. The Labute approximate surface area is 147 Å². The number of ether oxygens (including phenoxy) is 2. The van der Waals surface area contributed by atoms with Crippen molar-refractivity contribution in [3.8, 4) is 11.5 Å². The van der Waals surface area contributed by atoms with E-state index in [4.69, 9.17) is 9.47 Å². The van der Waals surface area contributed by atoms with Crippen molar-refractivity contribution < 1.29 is 19.1 Å². The van der Waals surface area contributed by atoms with E-state index in [9.17, 15) is 9.59 Å². The van der Waals surface area contributed by atoms with Gasteiger partial charge < -0.3 is 19.3 Å². The Balaban J connectivity index is 2.23. The zero-order valence-electron chi connectivity index (χ0n) is 14.7. The lowest BCUT2D eigenvalue weighted by atomic mass is 10.1. The van der Waals surface area contributed by atoms with Gasteiger partial charge in [0.25, 0.3) is 0 Å². The highest BCUT2D eigenvalue weighted by molar-refractivity contribution is 8.01. The molecule has 7 heteroatoms. The van der Waals surface area contributed by atoms with Crippen molar-refractivity contribution in [2.45, 2.75) is 24.0 Å². The molecule has 1 aromatic carbocycles. The van der Waals surface area contributed by atoms with Gasteiger partial charge in [0.1, 0.15) is 5.37 Å². The number of hydrogen-bond donors (Lipinski definition) is 0. The van der Waals surface area contributed by atoms with Gasteiger partial charge in [-0.15, -0.1) is 11.8 Å². The van der Waals surface area contributed by atoms with Crippen LogP contribution in [0.15, 0.2) is 18.2 Å². The van der Waals surface area contributed by atoms with Crippen LogP contribution in [0.25, 0.3) is 0 Å². The first kappa shape index (κ1) is 18.4. The maximum Gasteiger partial charge on any atom is 0.236 e. The highest BCUT2D eigenvalue weighted by atomic mass is 32.2. The third-order valence-electron chi connectivity index (χ3n) is 4.01. The molecule has 0 spiro atoms. The Morgan fingerprint density at radius 2 is 1.92 bits per heavy atom. The van der Waals surface area contributed by atoms with Crippen molar-refractivity contribution in [1.82, 2.24) is 9.80 Å². The minimum atomic E-state index is -0.127. The van der Waals surface area contributed by atoms with E-state index >= 15 is 0 Å². The quantitative estimate of drug-likeness (QED) is 0.785. The molecule has 0 unspecified atom stereocenters. The number of thioether (sulfide) groups is 1. The van der Waals surface area contributed by atoms with Crippen LogP contribution in [0.5, 0.6) is 11.5 Å². The fourth-order valence-electron chi connectivity index (χ4n) is 2.61. The maximum atomic E-state index is 12.5. The monoisotopic (exact) mass is 352 g/mol. The molecule has 0 N–H and O–H groups in total. The van der Waals surface area contributed by atoms with Crippen molar-refractivity contribution in [3.05, 3.63) is 23.8 Å². The number of benzene rings is 1. The Morgan fingerprint density at radius 1 is 1.25 bits per heavy atom. The number of hydrogen-bond acceptors (Lipinski definition) is 5. The molecule has 1 fully saturated rings. The largest absolute Gasteiger partial charge is 0.493 e. The van der Waals surface area contributed by atoms with Gasteiger partial charge in [-0.05, 0) is 24.6 Å². The molecule has 0 aromatic heterocycles. The van der Waals surface area contributed by atoms with Gasteiger partial charge in [0.2, 0.25) is 11.8 Å². The molecule has 2 atom stereocenters. The lowest BCUT2D eigenvalue weighted by Crippen LogP contribution is -2.34. The summed E-state index contributed by atoms with van der Waals surface area (Å²) in [6.45, 7) is 2.31. The van der Waals surface area contributed by atoms with Gasteiger partial charge in [0.05, 0.1) is 19.5 Å². The van der Waals surface area contributed by atoms with Crippen LogP contribution in [0.3, 0.4) is 0 Å². The predicted octanol–water partition coefficient (Wildman–Crippen LogP) is 2.14. The van der Waals surface area contributed by atoms with Gasteiger partial charge in [-0.1, -0.05) is 6.07 Å². The van der Waals surface area contributed by atoms with Crippen LogP contribution in [0, 0.1) is 0 Å². The Hall–Kier alpha value is -1.89. The summed E-state index contributed by atoms with van der Waals surface area (Å²) >= 11 is 1.58. The maximum absolute atomic E-state index is 12.5. The average Bonchev–Trinajstić information content (AvgIpc) is 2.86. The molecule has 6 nitrogen and oxygen atoms in total. The molecule has 0 bridgehead atoms. The number of nitrogens with zero attached hydrogens (tertiary/aromatic N) is 2. The number of carbonyl (C=O) groups excluding carboxylic acids is 2. The van der Waals surface area contributed by atoms with Gasteiger partial charge in [-0.25, -0.2) is 0 Å². The van der Waals surface area contributed by atoms with Crippen molar-refractivity contribution in [1.29, 1.82) is 0 Å². The van der Waals surface area contributed by atoms with E-state index in [0.717, 1.165) is 5.56 Å². The summed E-state index contributed by atoms with van der Waals surface area (Å²) in [5.74, 6) is 1.36. The Bertz CT molecular complexity index is 621. The highest BCUT2D eigenvalue weighted by Gasteiger charge is 2.38.